The van der Waals surface area contributed by atoms with Crippen LogP contribution in [-0.4, -0.2) is 29.9 Å². The highest BCUT2D eigenvalue weighted by Crippen LogP contribution is 2.03. The van der Waals surface area contributed by atoms with Crippen LogP contribution in [0.2, 0.25) is 0 Å². The molecule has 21 heavy (non-hydrogen) atoms. The molecule has 3 N–H and O–H groups in total. The number of carbonyl (C=O) groups is 3. The number of ether oxygens (including phenoxy) is 1. The van der Waals surface area contributed by atoms with E-state index >= 15 is 0 Å². The summed E-state index contributed by atoms with van der Waals surface area (Å²) >= 11 is 0. The van der Waals surface area contributed by atoms with Crippen LogP contribution in [0.4, 0.5) is 0 Å². The summed E-state index contributed by atoms with van der Waals surface area (Å²) in [5.41, 5.74) is 6.01. The van der Waals surface area contributed by atoms with E-state index in [1.54, 1.807) is 44.2 Å². The summed E-state index contributed by atoms with van der Waals surface area (Å²) in [4.78, 5) is 35.2. The van der Waals surface area contributed by atoms with E-state index in [0.717, 1.165) is 0 Å². The van der Waals surface area contributed by atoms with Crippen molar-refractivity contribution in [3.8, 4) is 0 Å². The van der Waals surface area contributed by atoms with Gasteiger partial charge < -0.3 is 15.8 Å². The minimum Gasteiger partial charge on any atom is -0.390 e. The number of esters is 2. The first-order valence-electron chi connectivity index (χ1n) is 6.70. The zero-order chi connectivity index (χ0) is 16.0. The van der Waals surface area contributed by atoms with Gasteiger partial charge in [-0.2, -0.15) is 0 Å². The molecule has 1 aromatic carbocycles. The fourth-order valence-corrected chi connectivity index (χ4v) is 1.46. The highest BCUT2D eigenvalue weighted by Gasteiger charge is 2.25. The monoisotopic (exact) mass is 292 g/mol. The Bertz CT molecular complexity index is 514. The lowest BCUT2D eigenvalue weighted by molar-refractivity contribution is -0.162. The van der Waals surface area contributed by atoms with Gasteiger partial charge in [0, 0.05) is 5.56 Å². The van der Waals surface area contributed by atoms with Crippen LogP contribution in [0.25, 0.3) is 0 Å². The standard InChI is InChI=1S/C15H20N2O4/c1-9(2)12(16)15(20)21-14(19)10(3)17-13(18)11-7-5-4-6-8-11/h4-10,12H,16H2,1-3H3,(H,17,18)/t10-,12-/m0/s1. The smallest absolute Gasteiger partial charge is 0.336 e. The number of amides is 1. The van der Waals surface area contributed by atoms with E-state index in [0.29, 0.717) is 5.56 Å². The Labute approximate surface area is 123 Å². The van der Waals surface area contributed by atoms with Crippen molar-refractivity contribution in [2.75, 3.05) is 0 Å². The van der Waals surface area contributed by atoms with Crippen LogP contribution in [0.3, 0.4) is 0 Å². The highest BCUT2D eigenvalue weighted by molar-refractivity contribution is 5.98. The third-order valence-electron chi connectivity index (χ3n) is 2.93. The zero-order valence-corrected chi connectivity index (χ0v) is 12.3. The lowest BCUT2D eigenvalue weighted by Gasteiger charge is -2.16. The predicted molar refractivity (Wildman–Crippen MR) is 77.3 cm³/mol. The first-order chi connectivity index (χ1) is 9.82. The van der Waals surface area contributed by atoms with E-state index < -0.39 is 29.9 Å². The van der Waals surface area contributed by atoms with Gasteiger partial charge in [-0.25, -0.2) is 9.59 Å². The molecule has 6 heteroatoms. The lowest BCUT2D eigenvalue weighted by Crippen LogP contribution is -2.44. The molecule has 0 aliphatic heterocycles. The molecule has 114 valence electrons. The number of carbonyl (C=O) groups excluding carboxylic acids is 3. The third kappa shape index (κ3) is 5.00. The van der Waals surface area contributed by atoms with Crippen LogP contribution < -0.4 is 11.1 Å². The number of benzene rings is 1. The highest BCUT2D eigenvalue weighted by atomic mass is 16.6. The molecular weight excluding hydrogens is 272 g/mol. The summed E-state index contributed by atoms with van der Waals surface area (Å²) in [5.74, 6) is -2.18. The van der Waals surface area contributed by atoms with Crippen LogP contribution in [0, 0.1) is 5.92 Å². The minimum atomic E-state index is -0.944. The number of nitrogens with one attached hydrogen (secondary N) is 1. The normalized spacial score (nSPS) is 13.4. The first kappa shape index (κ1) is 16.8. The Morgan fingerprint density at radius 2 is 1.62 bits per heavy atom. The average Bonchev–Trinajstić information content (AvgIpc) is 2.46. The summed E-state index contributed by atoms with van der Waals surface area (Å²) < 4.78 is 4.65. The molecule has 0 unspecified atom stereocenters. The molecule has 0 fully saturated rings. The summed E-state index contributed by atoms with van der Waals surface area (Å²) in [6, 6.07) is 6.62. The fourth-order valence-electron chi connectivity index (χ4n) is 1.46. The molecule has 6 nitrogen and oxygen atoms in total. The van der Waals surface area contributed by atoms with E-state index in [1.807, 2.05) is 0 Å². The van der Waals surface area contributed by atoms with Crippen LogP contribution in [0.1, 0.15) is 31.1 Å². The molecule has 0 saturated heterocycles. The molecule has 0 aliphatic rings. The predicted octanol–water partition coefficient (Wildman–Crippen LogP) is 0.858. The molecule has 0 saturated carbocycles. The van der Waals surface area contributed by atoms with Crippen LogP contribution >= 0.6 is 0 Å². The molecular formula is C15H20N2O4. The van der Waals surface area contributed by atoms with Crippen molar-refractivity contribution < 1.29 is 19.1 Å². The van der Waals surface area contributed by atoms with Gasteiger partial charge in [0.15, 0.2) is 0 Å². The maximum Gasteiger partial charge on any atom is 0.336 e. The average molecular weight is 292 g/mol. The largest absolute Gasteiger partial charge is 0.390 e. The SMILES string of the molecule is CC(C)[C@H](N)C(=O)OC(=O)[C@H](C)NC(=O)c1ccccc1. The Morgan fingerprint density at radius 3 is 2.14 bits per heavy atom. The number of nitrogens with two attached hydrogens (primary N) is 1. The Balaban J connectivity index is 2.56. The Kier molecular flexibility index (Phi) is 6.05. The van der Waals surface area contributed by atoms with E-state index in [2.05, 4.69) is 10.1 Å². The molecule has 2 atom stereocenters. The first-order valence-corrected chi connectivity index (χ1v) is 6.70. The van der Waals surface area contributed by atoms with Crippen LogP contribution in [0.5, 0.6) is 0 Å². The topological polar surface area (TPSA) is 98.5 Å². The quantitative estimate of drug-likeness (QED) is 0.619. The Hall–Kier alpha value is -2.21. The van der Waals surface area contributed by atoms with Gasteiger partial charge in [-0.1, -0.05) is 32.0 Å². The molecule has 0 aromatic heterocycles. The van der Waals surface area contributed by atoms with Gasteiger partial charge >= 0.3 is 11.9 Å². The van der Waals surface area contributed by atoms with Gasteiger partial charge in [0.2, 0.25) is 0 Å². The second-order valence-corrected chi connectivity index (χ2v) is 5.07. The van der Waals surface area contributed by atoms with Crippen molar-refractivity contribution in [2.24, 2.45) is 11.7 Å². The molecule has 0 heterocycles. The number of rotatable bonds is 5. The van der Waals surface area contributed by atoms with Gasteiger partial charge in [0.05, 0.1) is 0 Å². The molecule has 0 aliphatic carbocycles. The number of hydrogen-bond acceptors (Lipinski definition) is 5. The third-order valence-corrected chi connectivity index (χ3v) is 2.93. The van der Waals surface area contributed by atoms with E-state index in [-0.39, 0.29) is 5.92 Å². The van der Waals surface area contributed by atoms with Gasteiger partial charge in [0.1, 0.15) is 12.1 Å². The lowest BCUT2D eigenvalue weighted by atomic mass is 10.1. The van der Waals surface area contributed by atoms with Gasteiger partial charge in [0.25, 0.3) is 5.91 Å². The molecule has 0 spiro atoms. The van der Waals surface area contributed by atoms with Crippen molar-refractivity contribution in [1.82, 2.24) is 5.32 Å². The second kappa shape index (κ2) is 7.54. The molecule has 0 radical (unpaired) electrons. The zero-order valence-electron chi connectivity index (χ0n) is 12.3. The Morgan fingerprint density at radius 1 is 1.05 bits per heavy atom. The number of hydrogen-bond donors (Lipinski definition) is 2. The van der Waals surface area contributed by atoms with Gasteiger partial charge in [-0.15, -0.1) is 0 Å². The molecule has 1 amide bonds. The fraction of sp³-hybridized carbons (Fsp3) is 0.400. The summed E-state index contributed by atoms with van der Waals surface area (Å²) in [6.07, 6.45) is 0. The van der Waals surface area contributed by atoms with Crippen molar-refractivity contribution in [2.45, 2.75) is 32.9 Å². The summed E-state index contributed by atoms with van der Waals surface area (Å²) in [6.45, 7) is 4.94. The van der Waals surface area contributed by atoms with Crippen molar-refractivity contribution >= 4 is 17.8 Å². The maximum atomic E-state index is 11.9. The van der Waals surface area contributed by atoms with E-state index in [9.17, 15) is 14.4 Å². The molecule has 1 rings (SSSR count). The van der Waals surface area contributed by atoms with Crippen molar-refractivity contribution in [1.29, 1.82) is 0 Å². The van der Waals surface area contributed by atoms with E-state index in [1.165, 1.54) is 6.92 Å². The second-order valence-electron chi connectivity index (χ2n) is 5.07. The van der Waals surface area contributed by atoms with Crippen molar-refractivity contribution in [3.05, 3.63) is 35.9 Å². The van der Waals surface area contributed by atoms with Gasteiger partial charge in [-0.3, -0.25) is 4.79 Å². The van der Waals surface area contributed by atoms with Gasteiger partial charge in [-0.05, 0) is 25.0 Å². The minimum absolute atomic E-state index is 0.139. The molecule has 1 aromatic rings. The van der Waals surface area contributed by atoms with Crippen molar-refractivity contribution in [3.63, 3.8) is 0 Å². The maximum absolute atomic E-state index is 11.9. The van der Waals surface area contributed by atoms with Crippen LogP contribution in [-0.2, 0) is 14.3 Å². The van der Waals surface area contributed by atoms with Crippen LogP contribution in [0.15, 0.2) is 30.3 Å². The summed E-state index contributed by atoms with van der Waals surface area (Å²) in [7, 11) is 0. The summed E-state index contributed by atoms with van der Waals surface area (Å²) in [5, 5.41) is 2.46. The van der Waals surface area contributed by atoms with E-state index in [4.69, 9.17) is 5.73 Å². The molecule has 0 bridgehead atoms.